The number of hydrogen-bond donors (Lipinski definition) is 1. The fraction of sp³-hybridized carbons (Fsp3) is 0.300. The first kappa shape index (κ1) is 17.9. The molecule has 1 aliphatic heterocycles. The number of rotatable bonds is 5. The summed E-state index contributed by atoms with van der Waals surface area (Å²) < 4.78 is 5.66. The van der Waals surface area contributed by atoms with Crippen LogP contribution >= 0.6 is 11.8 Å². The molecule has 0 spiro atoms. The summed E-state index contributed by atoms with van der Waals surface area (Å²) in [5.41, 5.74) is 2.68. The van der Waals surface area contributed by atoms with Gasteiger partial charge in [0.2, 0.25) is 0 Å². The third-order valence-corrected chi connectivity index (χ3v) is 5.39. The zero-order valence-corrected chi connectivity index (χ0v) is 15.8. The molecule has 1 aliphatic rings. The van der Waals surface area contributed by atoms with Crippen molar-refractivity contribution in [2.45, 2.75) is 17.6 Å². The van der Waals surface area contributed by atoms with Gasteiger partial charge in [-0.2, -0.15) is 0 Å². The predicted octanol–water partition coefficient (Wildman–Crippen LogP) is 2.73. The fourth-order valence-corrected chi connectivity index (χ4v) is 3.68. The number of para-hydroxylation sites is 1. The van der Waals surface area contributed by atoms with Crippen LogP contribution in [0.5, 0.6) is 0 Å². The average Bonchev–Trinajstić information content (AvgIpc) is 3.15. The van der Waals surface area contributed by atoms with E-state index in [9.17, 15) is 4.79 Å². The summed E-state index contributed by atoms with van der Waals surface area (Å²) in [5, 5.41) is 4.89. The van der Waals surface area contributed by atoms with Crippen molar-refractivity contribution in [1.82, 2.24) is 20.3 Å². The highest BCUT2D eigenvalue weighted by Gasteiger charge is 2.30. The maximum absolute atomic E-state index is 12.5. The SMILES string of the molecule is CSc1ncc(C(=O)N[C@H]2COC[C@H]2Cc2ccnc3ccccc23)cn1. The van der Waals surface area contributed by atoms with Gasteiger partial charge in [0.1, 0.15) is 0 Å². The van der Waals surface area contributed by atoms with Gasteiger partial charge in [-0.25, -0.2) is 9.97 Å². The van der Waals surface area contributed by atoms with Crippen molar-refractivity contribution in [2.24, 2.45) is 5.92 Å². The lowest BCUT2D eigenvalue weighted by atomic mass is 9.93. The maximum Gasteiger partial charge on any atom is 0.254 e. The van der Waals surface area contributed by atoms with E-state index in [0.717, 1.165) is 17.3 Å². The summed E-state index contributed by atoms with van der Waals surface area (Å²) >= 11 is 1.45. The van der Waals surface area contributed by atoms with E-state index in [0.29, 0.717) is 23.9 Å². The Labute approximate surface area is 161 Å². The Hall–Kier alpha value is -2.51. The van der Waals surface area contributed by atoms with Crippen molar-refractivity contribution >= 4 is 28.6 Å². The number of nitrogens with zero attached hydrogens (tertiary/aromatic N) is 3. The molecule has 1 saturated heterocycles. The third kappa shape index (κ3) is 3.94. The minimum atomic E-state index is -0.164. The van der Waals surface area contributed by atoms with Crippen molar-refractivity contribution in [3.63, 3.8) is 0 Å². The van der Waals surface area contributed by atoms with Gasteiger partial charge in [0.25, 0.3) is 5.91 Å². The Bertz CT molecular complexity index is 943. The highest BCUT2D eigenvalue weighted by Crippen LogP contribution is 2.24. The van der Waals surface area contributed by atoms with Crippen LogP contribution < -0.4 is 5.32 Å². The predicted molar refractivity (Wildman–Crippen MR) is 105 cm³/mol. The number of pyridine rings is 1. The number of aromatic nitrogens is 3. The van der Waals surface area contributed by atoms with Gasteiger partial charge in [0.15, 0.2) is 5.16 Å². The Kier molecular flexibility index (Phi) is 5.31. The first-order valence-corrected chi connectivity index (χ1v) is 10.0. The summed E-state index contributed by atoms with van der Waals surface area (Å²) in [5.74, 6) is 0.0499. The summed E-state index contributed by atoms with van der Waals surface area (Å²) in [6.45, 7) is 1.15. The van der Waals surface area contributed by atoms with Gasteiger partial charge in [-0.1, -0.05) is 30.0 Å². The first-order valence-electron chi connectivity index (χ1n) is 8.82. The van der Waals surface area contributed by atoms with Crippen LogP contribution in [0.15, 0.2) is 54.1 Å². The quantitative estimate of drug-likeness (QED) is 0.542. The van der Waals surface area contributed by atoms with Crippen molar-refractivity contribution in [3.05, 3.63) is 60.0 Å². The number of carbonyl (C=O) groups is 1. The molecule has 0 unspecified atom stereocenters. The highest BCUT2D eigenvalue weighted by molar-refractivity contribution is 7.98. The van der Waals surface area contributed by atoms with Gasteiger partial charge in [-0.05, 0) is 30.4 Å². The molecule has 1 amide bonds. The standard InChI is InChI=1S/C20H20N4O2S/c1-27-20-22-9-15(10-23-20)19(25)24-18-12-26-11-14(18)8-13-6-7-21-17-5-3-2-4-16(13)17/h2-7,9-10,14,18H,8,11-12H2,1H3,(H,24,25)/t14-,18+/m1/s1. The fourth-order valence-electron chi connectivity index (χ4n) is 3.37. The monoisotopic (exact) mass is 380 g/mol. The molecule has 1 fully saturated rings. The zero-order valence-electron chi connectivity index (χ0n) is 15.0. The molecule has 2 aromatic heterocycles. The molecule has 0 saturated carbocycles. The van der Waals surface area contributed by atoms with Gasteiger partial charge in [0.05, 0.1) is 30.3 Å². The molecule has 3 aromatic rings. The topological polar surface area (TPSA) is 77.0 Å². The van der Waals surface area contributed by atoms with E-state index in [-0.39, 0.29) is 17.9 Å². The Morgan fingerprint density at radius 3 is 2.81 bits per heavy atom. The normalized spacial score (nSPS) is 19.3. The number of carbonyl (C=O) groups excluding carboxylic acids is 1. The minimum Gasteiger partial charge on any atom is -0.379 e. The summed E-state index contributed by atoms with van der Waals surface area (Å²) in [4.78, 5) is 25.3. The molecule has 6 nitrogen and oxygen atoms in total. The number of nitrogens with one attached hydrogen (secondary N) is 1. The summed E-state index contributed by atoms with van der Waals surface area (Å²) in [7, 11) is 0. The molecule has 2 atom stereocenters. The largest absolute Gasteiger partial charge is 0.379 e. The minimum absolute atomic E-state index is 0.0374. The molecule has 4 rings (SSSR count). The number of amides is 1. The number of ether oxygens (including phenoxy) is 1. The summed E-state index contributed by atoms with van der Waals surface area (Å²) in [6, 6.07) is 10.1. The molecule has 138 valence electrons. The van der Waals surface area contributed by atoms with Crippen molar-refractivity contribution in [3.8, 4) is 0 Å². The molecule has 0 bridgehead atoms. The van der Waals surface area contributed by atoms with Crippen LogP contribution in [0.25, 0.3) is 10.9 Å². The smallest absolute Gasteiger partial charge is 0.254 e. The average molecular weight is 380 g/mol. The van der Waals surface area contributed by atoms with Gasteiger partial charge < -0.3 is 10.1 Å². The van der Waals surface area contributed by atoms with Crippen LogP contribution in [0.1, 0.15) is 15.9 Å². The van der Waals surface area contributed by atoms with E-state index < -0.39 is 0 Å². The van der Waals surface area contributed by atoms with Crippen molar-refractivity contribution in [1.29, 1.82) is 0 Å². The molecule has 7 heteroatoms. The van der Waals surface area contributed by atoms with E-state index in [1.165, 1.54) is 17.3 Å². The lowest BCUT2D eigenvalue weighted by Crippen LogP contribution is -2.40. The lowest BCUT2D eigenvalue weighted by molar-refractivity contribution is 0.0924. The highest BCUT2D eigenvalue weighted by atomic mass is 32.2. The molecular weight excluding hydrogens is 360 g/mol. The van der Waals surface area contributed by atoms with Crippen LogP contribution in [0.4, 0.5) is 0 Å². The third-order valence-electron chi connectivity index (χ3n) is 4.81. The van der Waals surface area contributed by atoms with E-state index in [1.807, 2.05) is 30.7 Å². The van der Waals surface area contributed by atoms with Gasteiger partial charge in [-0.3, -0.25) is 9.78 Å². The number of fused-ring (bicyclic) bond motifs is 1. The van der Waals surface area contributed by atoms with Gasteiger partial charge in [-0.15, -0.1) is 0 Å². The molecule has 0 aliphatic carbocycles. The van der Waals surface area contributed by atoms with Crippen LogP contribution in [0.3, 0.4) is 0 Å². The molecule has 1 N–H and O–H groups in total. The van der Waals surface area contributed by atoms with E-state index in [2.05, 4.69) is 32.4 Å². The second-order valence-corrected chi connectivity index (χ2v) is 7.30. The molecule has 0 radical (unpaired) electrons. The number of thioether (sulfide) groups is 1. The van der Waals surface area contributed by atoms with Gasteiger partial charge in [0, 0.05) is 29.9 Å². The van der Waals surface area contributed by atoms with E-state index in [4.69, 9.17) is 4.74 Å². The molecule has 27 heavy (non-hydrogen) atoms. The molecule has 3 heterocycles. The van der Waals surface area contributed by atoms with Crippen LogP contribution in [-0.2, 0) is 11.2 Å². The van der Waals surface area contributed by atoms with Crippen LogP contribution in [0.2, 0.25) is 0 Å². The lowest BCUT2D eigenvalue weighted by Gasteiger charge is -2.19. The zero-order chi connectivity index (χ0) is 18.6. The molecular formula is C20H20N4O2S. The van der Waals surface area contributed by atoms with E-state index in [1.54, 1.807) is 12.4 Å². The first-order chi connectivity index (χ1) is 13.2. The Morgan fingerprint density at radius 1 is 1.19 bits per heavy atom. The van der Waals surface area contributed by atoms with Crippen molar-refractivity contribution in [2.75, 3.05) is 19.5 Å². The maximum atomic E-state index is 12.5. The summed E-state index contributed by atoms with van der Waals surface area (Å²) in [6.07, 6.45) is 7.70. The van der Waals surface area contributed by atoms with E-state index >= 15 is 0 Å². The molecule has 1 aromatic carbocycles. The van der Waals surface area contributed by atoms with Crippen LogP contribution in [0, 0.1) is 5.92 Å². The Morgan fingerprint density at radius 2 is 2.00 bits per heavy atom. The number of hydrogen-bond acceptors (Lipinski definition) is 6. The Balaban J connectivity index is 1.47. The van der Waals surface area contributed by atoms with Gasteiger partial charge >= 0.3 is 0 Å². The second-order valence-electron chi connectivity index (χ2n) is 6.53. The second kappa shape index (κ2) is 8.02. The number of benzene rings is 1. The van der Waals surface area contributed by atoms with Crippen LogP contribution in [-0.4, -0.2) is 46.4 Å². The van der Waals surface area contributed by atoms with Crippen molar-refractivity contribution < 1.29 is 9.53 Å².